The Kier molecular flexibility index (Phi) is 6.06. The van der Waals surface area contributed by atoms with Crippen molar-refractivity contribution in [3.05, 3.63) is 95.3 Å². The Morgan fingerprint density at radius 2 is 1.65 bits per heavy atom. The molecular formula is C24H18F4N4O2. The van der Waals surface area contributed by atoms with Gasteiger partial charge in [0.05, 0.1) is 22.6 Å². The molecular weight excluding hydrogens is 452 g/mol. The molecule has 0 radical (unpaired) electrons. The van der Waals surface area contributed by atoms with E-state index >= 15 is 0 Å². The number of carbonyl (C=O) groups is 2. The molecule has 0 bridgehead atoms. The van der Waals surface area contributed by atoms with Gasteiger partial charge in [0.25, 0.3) is 5.91 Å². The van der Waals surface area contributed by atoms with Crippen molar-refractivity contribution in [2.45, 2.75) is 12.3 Å². The van der Waals surface area contributed by atoms with Crippen molar-refractivity contribution in [1.29, 1.82) is 0 Å². The van der Waals surface area contributed by atoms with Gasteiger partial charge >= 0.3 is 12.2 Å². The molecule has 0 aromatic heterocycles. The minimum Gasteiger partial charge on any atom is -0.311 e. The van der Waals surface area contributed by atoms with Crippen LogP contribution >= 0.6 is 0 Å². The summed E-state index contributed by atoms with van der Waals surface area (Å²) in [5.41, 5.74) is -0.166. The highest BCUT2D eigenvalue weighted by atomic mass is 19.4. The highest BCUT2D eigenvalue weighted by Crippen LogP contribution is 2.36. The lowest BCUT2D eigenvalue weighted by molar-refractivity contribution is -0.137. The maximum atomic E-state index is 14.1. The van der Waals surface area contributed by atoms with Gasteiger partial charge in [-0.25, -0.2) is 14.2 Å². The van der Waals surface area contributed by atoms with Gasteiger partial charge in [0.15, 0.2) is 0 Å². The van der Waals surface area contributed by atoms with Gasteiger partial charge in [0, 0.05) is 18.2 Å². The smallest absolute Gasteiger partial charge is 0.311 e. The maximum Gasteiger partial charge on any atom is 0.418 e. The first kappa shape index (κ1) is 23.0. The van der Waals surface area contributed by atoms with Crippen molar-refractivity contribution in [3.8, 4) is 0 Å². The average Bonchev–Trinajstić information content (AvgIpc) is 2.91. The molecule has 1 heterocycles. The zero-order valence-corrected chi connectivity index (χ0v) is 17.7. The molecule has 0 fully saturated rings. The summed E-state index contributed by atoms with van der Waals surface area (Å²) in [6.07, 6.45) is -6.38. The molecule has 0 saturated heterocycles. The molecule has 6 nitrogen and oxygen atoms in total. The predicted molar refractivity (Wildman–Crippen MR) is 119 cm³/mol. The van der Waals surface area contributed by atoms with Crippen molar-refractivity contribution < 1.29 is 27.2 Å². The van der Waals surface area contributed by atoms with E-state index in [0.29, 0.717) is 28.6 Å². The van der Waals surface area contributed by atoms with Gasteiger partial charge in [-0.1, -0.05) is 54.6 Å². The van der Waals surface area contributed by atoms with E-state index in [0.717, 1.165) is 12.1 Å². The number of carbonyl (C=O) groups excluding carboxylic acids is 2. The number of likely N-dealkylation sites (N-methyl/N-ethyl adjacent to an activating group) is 1. The molecule has 0 saturated carbocycles. The zero-order chi connectivity index (χ0) is 24.5. The van der Waals surface area contributed by atoms with Crippen LogP contribution in [-0.4, -0.2) is 30.9 Å². The summed E-state index contributed by atoms with van der Waals surface area (Å²) in [4.78, 5) is 31.4. The van der Waals surface area contributed by atoms with E-state index in [4.69, 9.17) is 0 Å². The van der Waals surface area contributed by atoms with E-state index < -0.39 is 41.3 Å². The molecule has 4 rings (SSSR count). The maximum absolute atomic E-state index is 14.1. The van der Waals surface area contributed by atoms with Gasteiger partial charge in [0.2, 0.25) is 6.17 Å². The second kappa shape index (κ2) is 8.97. The lowest BCUT2D eigenvalue weighted by atomic mass is 10.0. The number of aliphatic imine (C=N–C) groups is 1. The van der Waals surface area contributed by atoms with Crippen LogP contribution in [-0.2, 0) is 11.0 Å². The average molecular weight is 470 g/mol. The Labute approximate surface area is 191 Å². The number of benzene rings is 3. The summed E-state index contributed by atoms with van der Waals surface area (Å²) in [7, 11) is 1.50. The number of nitrogens with one attached hydrogen (secondary N) is 2. The normalized spacial score (nSPS) is 15.8. The van der Waals surface area contributed by atoms with Crippen LogP contribution in [0.1, 0.15) is 16.7 Å². The van der Waals surface area contributed by atoms with E-state index in [1.807, 2.05) is 5.32 Å². The molecule has 1 aliphatic heterocycles. The number of alkyl halides is 3. The third-order valence-electron chi connectivity index (χ3n) is 5.22. The number of amides is 3. The van der Waals surface area contributed by atoms with Crippen LogP contribution in [0.5, 0.6) is 0 Å². The third kappa shape index (κ3) is 4.47. The number of urea groups is 1. The molecule has 34 heavy (non-hydrogen) atoms. The molecule has 3 amide bonds. The number of para-hydroxylation sites is 2. The summed E-state index contributed by atoms with van der Waals surface area (Å²) in [5, 5.41) is 4.14. The zero-order valence-electron chi connectivity index (χ0n) is 17.7. The first-order valence-corrected chi connectivity index (χ1v) is 10.1. The highest BCUT2D eigenvalue weighted by Gasteiger charge is 2.36. The number of halogens is 4. The number of nitrogens with zero attached hydrogens (tertiary/aromatic N) is 2. The fourth-order valence-corrected chi connectivity index (χ4v) is 3.60. The van der Waals surface area contributed by atoms with Crippen molar-refractivity contribution in [1.82, 2.24) is 5.32 Å². The number of hydrogen-bond acceptors (Lipinski definition) is 3. The summed E-state index contributed by atoms with van der Waals surface area (Å²) < 4.78 is 54.0. The van der Waals surface area contributed by atoms with Gasteiger partial charge in [0.1, 0.15) is 5.82 Å². The molecule has 0 spiro atoms. The summed E-state index contributed by atoms with van der Waals surface area (Å²) in [5.74, 6) is -1.90. The number of fused-ring (bicyclic) bond motifs is 1. The Morgan fingerprint density at radius 3 is 2.35 bits per heavy atom. The van der Waals surface area contributed by atoms with E-state index in [-0.39, 0.29) is 0 Å². The van der Waals surface area contributed by atoms with Gasteiger partial charge < -0.3 is 15.5 Å². The summed E-state index contributed by atoms with van der Waals surface area (Å²) in [6, 6.07) is 17.0. The van der Waals surface area contributed by atoms with Crippen LogP contribution in [0.3, 0.4) is 0 Å². The van der Waals surface area contributed by atoms with Crippen LogP contribution < -0.4 is 15.5 Å². The lowest BCUT2D eigenvalue weighted by Crippen LogP contribution is -2.47. The minimum atomic E-state index is -4.90. The topological polar surface area (TPSA) is 73.8 Å². The SMILES string of the molecule is CN1C(=O)C(NC(=O)Nc2c(F)cccc2C(F)(F)F)N=C(c2ccccc2)c2ccccc21. The van der Waals surface area contributed by atoms with Gasteiger partial charge in [-0.05, 0) is 18.2 Å². The van der Waals surface area contributed by atoms with Crippen LogP contribution in [0.15, 0.2) is 77.8 Å². The molecule has 1 unspecified atom stereocenters. The lowest BCUT2D eigenvalue weighted by Gasteiger charge is -2.21. The van der Waals surface area contributed by atoms with Crippen LogP contribution in [0.4, 0.5) is 33.7 Å². The summed E-state index contributed by atoms with van der Waals surface area (Å²) >= 11 is 0. The van der Waals surface area contributed by atoms with Crippen LogP contribution in [0, 0.1) is 5.82 Å². The van der Waals surface area contributed by atoms with E-state index in [9.17, 15) is 27.2 Å². The third-order valence-corrected chi connectivity index (χ3v) is 5.22. The molecule has 2 N–H and O–H groups in total. The molecule has 1 atom stereocenters. The highest BCUT2D eigenvalue weighted by molar-refractivity contribution is 6.20. The van der Waals surface area contributed by atoms with Gasteiger partial charge in [-0.3, -0.25) is 4.79 Å². The minimum absolute atomic E-state index is 0.404. The number of rotatable bonds is 3. The molecule has 3 aromatic rings. The fourth-order valence-electron chi connectivity index (χ4n) is 3.60. The first-order valence-electron chi connectivity index (χ1n) is 10.1. The van der Waals surface area contributed by atoms with E-state index in [1.165, 1.54) is 11.9 Å². The van der Waals surface area contributed by atoms with Crippen LogP contribution in [0.25, 0.3) is 0 Å². The van der Waals surface area contributed by atoms with E-state index in [2.05, 4.69) is 10.3 Å². The molecule has 10 heteroatoms. The largest absolute Gasteiger partial charge is 0.418 e. The van der Waals surface area contributed by atoms with Crippen molar-refractivity contribution in [2.75, 3.05) is 17.3 Å². The van der Waals surface area contributed by atoms with E-state index in [1.54, 1.807) is 54.6 Å². The van der Waals surface area contributed by atoms with Gasteiger partial charge in [-0.2, -0.15) is 13.2 Å². The quantitative estimate of drug-likeness (QED) is 0.540. The fraction of sp³-hybridized carbons (Fsp3) is 0.125. The molecule has 0 aliphatic carbocycles. The Hall–Kier alpha value is -4.21. The Bertz CT molecular complexity index is 1280. The number of anilines is 2. The van der Waals surface area contributed by atoms with Crippen molar-refractivity contribution in [3.63, 3.8) is 0 Å². The number of hydrogen-bond donors (Lipinski definition) is 2. The molecule has 3 aromatic carbocycles. The first-order chi connectivity index (χ1) is 16.2. The Balaban J connectivity index is 1.70. The second-order valence-corrected chi connectivity index (χ2v) is 7.42. The summed E-state index contributed by atoms with van der Waals surface area (Å²) in [6.45, 7) is 0. The van der Waals surface area contributed by atoms with Crippen molar-refractivity contribution in [2.24, 2.45) is 4.99 Å². The Morgan fingerprint density at radius 1 is 0.971 bits per heavy atom. The molecule has 1 aliphatic rings. The predicted octanol–water partition coefficient (Wildman–Crippen LogP) is 4.81. The monoisotopic (exact) mass is 470 g/mol. The van der Waals surface area contributed by atoms with Gasteiger partial charge in [-0.15, -0.1) is 0 Å². The molecule has 174 valence electrons. The standard InChI is InChI=1S/C24H18F4N4O2/c1-32-18-13-6-5-10-15(18)19(14-8-3-2-4-9-14)29-21(22(32)33)31-23(34)30-20-16(24(26,27)28)11-7-12-17(20)25/h2-13,21H,1H3,(H2,30,31,34). The van der Waals surface area contributed by atoms with Crippen molar-refractivity contribution >= 4 is 29.0 Å². The number of benzodiazepines with no additional fused rings is 1. The second-order valence-electron chi connectivity index (χ2n) is 7.42. The van der Waals surface area contributed by atoms with Crippen LogP contribution in [0.2, 0.25) is 0 Å².